The maximum absolute atomic E-state index is 13.2. The molecule has 3 rings (SSSR count). The number of carbonyl (C=O) groups excluding carboxylic acids is 2. The number of halogens is 2. The van der Waals surface area contributed by atoms with Crippen LogP contribution in [0.25, 0.3) is 0 Å². The summed E-state index contributed by atoms with van der Waals surface area (Å²) in [6.45, 7) is 2.47. The third kappa shape index (κ3) is 4.14. The number of nitrogens with zero attached hydrogens (tertiary/aromatic N) is 1. The fraction of sp³-hybridized carbons (Fsp3) is 0.263. The molecule has 136 valence electrons. The molecule has 7 heteroatoms. The van der Waals surface area contributed by atoms with Crippen LogP contribution in [-0.2, 0) is 4.79 Å². The van der Waals surface area contributed by atoms with Crippen LogP contribution >= 0.6 is 11.6 Å². The largest absolute Gasteiger partial charge is 0.324 e. The molecule has 1 atom stereocenters. The fourth-order valence-corrected chi connectivity index (χ4v) is 3.09. The smallest absolute Gasteiger partial charge is 0.322 e. The van der Waals surface area contributed by atoms with Gasteiger partial charge in [0, 0.05) is 17.9 Å². The number of anilines is 2. The van der Waals surface area contributed by atoms with Crippen LogP contribution in [0.2, 0.25) is 5.02 Å². The van der Waals surface area contributed by atoms with Gasteiger partial charge in [-0.3, -0.25) is 4.79 Å². The molecule has 0 aromatic heterocycles. The Morgan fingerprint density at radius 3 is 2.50 bits per heavy atom. The normalized spacial score (nSPS) is 16.4. The molecule has 0 aliphatic carbocycles. The highest BCUT2D eigenvalue weighted by atomic mass is 35.5. The first-order chi connectivity index (χ1) is 12.4. The van der Waals surface area contributed by atoms with E-state index in [1.807, 2.05) is 31.2 Å². The van der Waals surface area contributed by atoms with Gasteiger partial charge in [-0.05, 0) is 50.1 Å². The van der Waals surface area contributed by atoms with Gasteiger partial charge in [0.05, 0.1) is 5.02 Å². The highest BCUT2D eigenvalue weighted by molar-refractivity contribution is 6.31. The van der Waals surface area contributed by atoms with E-state index in [0.717, 1.165) is 12.0 Å². The Bertz CT molecular complexity index is 826. The molecule has 2 aromatic carbocycles. The van der Waals surface area contributed by atoms with Gasteiger partial charge in [-0.2, -0.15) is 0 Å². The molecule has 5 nitrogen and oxygen atoms in total. The molecular weight excluding hydrogens is 357 g/mol. The van der Waals surface area contributed by atoms with Crippen LogP contribution < -0.4 is 10.6 Å². The number of urea groups is 1. The molecule has 1 fully saturated rings. The Morgan fingerprint density at radius 2 is 1.81 bits per heavy atom. The minimum atomic E-state index is -0.579. The van der Waals surface area contributed by atoms with Crippen molar-refractivity contribution in [2.75, 3.05) is 17.2 Å². The maximum atomic E-state index is 13.2. The molecule has 2 N–H and O–H groups in total. The molecule has 2 aromatic rings. The number of hydrogen-bond acceptors (Lipinski definition) is 2. The lowest BCUT2D eigenvalue weighted by molar-refractivity contribution is -0.119. The lowest BCUT2D eigenvalue weighted by atomic mass is 10.2. The van der Waals surface area contributed by atoms with Crippen LogP contribution in [-0.4, -0.2) is 29.4 Å². The minimum Gasteiger partial charge on any atom is -0.324 e. The van der Waals surface area contributed by atoms with Gasteiger partial charge in [0.1, 0.15) is 11.9 Å². The summed E-state index contributed by atoms with van der Waals surface area (Å²) in [6.07, 6.45) is 1.31. The Labute approximate surface area is 156 Å². The van der Waals surface area contributed by atoms with Gasteiger partial charge in [-0.1, -0.05) is 29.3 Å². The Balaban J connectivity index is 1.66. The van der Waals surface area contributed by atoms with Crippen molar-refractivity contribution in [3.8, 4) is 0 Å². The summed E-state index contributed by atoms with van der Waals surface area (Å²) in [5.41, 5.74) is 2.17. The third-order valence-corrected chi connectivity index (χ3v) is 4.60. The molecule has 0 bridgehead atoms. The molecule has 1 saturated heterocycles. The van der Waals surface area contributed by atoms with Crippen LogP contribution in [0.4, 0.5) is 20.6 Å². The van der Waals surface area contributed by atoms with Crippen molar-refractivity contribution in [1.29, 1.82) is 0 Å². The Hall–Kier alpha value is -2.60. The van der Waals surface area contributed by atoms with E-state index in [9.17, 15) is 14.0 Å². The molecule has 3 amide bonds. The first-order valence-electron chi connectivity index (χ1n) is 8.34. The number of aryl methyl sites for hydroxylation is 1. The zero-order chi connectivity index (χ0) is 18.7. The molecule has 0 radical (unpaired) electrons. The first kappa shape index (κ1) is 18.2. The van der Waals surface area contributed by atoms with E-state index in [1.54, 1.807) is 0 Å². The summed E-state index contributed by atoms with van der Waals surface area (Å²) in [6, 6.07) is 10.5. The van der Waals surface area contributed by atoms with Gasteiger partial charge in [-0.25, -0.2) is 9.18 Å². The van der Waals surface area contributed by atoms with E-state index >= 15 is 0 Å². The van der Waals surface area contributed by atoms with Gasteiger partial charge in [0.2, 0.25) is 5.91 Å². The molecule has 1 aliphatic rings. The van der Waals surface area contributed by atoms with E-state index in [4.69, 9.17) is 11.6 Å². The second-order valence-electron chi connectivity index (χ2n) is 6.27. The highest BCUT2D eigenvalue weighted by Crippen LogP contribution is 2.23. The summed E-state index contributed by atoms with van der Waals surface area (Å²) in [5, 5.41) is 5.44. The maximum Gasteiger partial charge on any atom is 0.322 e. The van der Waals surface area contributed by atoms with E-state index in [-0.39, 0.29) is 17.0 Å². The standard InChI is InChI=1S/C19H19ClFN3O2/c1-12-4-6-13(7-5-12)23-19(26)24-10-2-3-17(24)18(25)22-14-8-9-16(21)15(20)11-14/h4-9,11,17H,2-3,10H2,1H3,(H,22,25)(H,23,26)/t17-/m1/s1. The number of carbonyl (C=O) groups is 2. The summed E-state index contributed by atoms with van der Waals surface area (Å²) < 4.78 is 13.2. The number of amides is 3. The van der Waals surface area contributed by atoms with Crippen molar-refractivity contribution < 1.29 is 14.0 Å². The first-order valence-corrected chi connectivity index (χ1v) is 8.72. The van der Waals surface area contributed by atoms with Gasteiger partial charge < -0.3 is 15.5 Å². The van der Waals surface area contributed by atoms with Gasteiger partial charge in [0.25, 0.3) is 0 Å². The monoisotopic (exact) mass is 375 g/mol. The van der Waals surface area contributed by atoms with Crippen LogP contribution in [0.5, 0.6) is 0 Å². The summed E-state index contributed by atoms with van der Waals surface area (Å²) in [5.74, 6) is -0.867. The molecule has 0 saturated carbocycles. The molecule has 26 heavy (non-hydrogen) atoms. The second-order valence-corrected chi connectivity index (χ2v) is 6.67. The number of rotatable bonds is 3. The second kappa shape index (κ2) is 7.74. The predicted molar refractivity (Wildman–Crippen MR) is 100.0 cm³/mol. The summed E-state index contributed by atoms with van der Waals surface area (Å²) in [7, 11) is 0. The molecule has 1 aliphatic heterocycles. The van der Waals surface area contributed by atoms with Crippen LogP contribution in [0.3, 0.4) is 0 Å². The third-order valence-electron chi connectivity index (χ3n) is 4.31. The average Bonchev–Trinajstić information content (AvgIpc) is 3.10. The molecule has 0 unspecified atom stereocenters. The Kier molecular flexibility index (Phi) is 5.42. The molecule has 0 spiro atoms. The van der Waals surface area contributed by atoms with Crippen LogP contribution in [0.15, 0.2) is 42.5 Å². The lowest BCUT2D eigenvalue weighted by Crippen LogP contribution is -2.45. The quantitative estimate of drug-likeness (QED) is 0.834. The lowest BCUT2D eigenvalue weighted by Gasteiger charge is -2.24. The number of nitrogens with one attached hydrogen (secondary N) is 2. The molecular formula is C19H19ClFN3O2. The number of likely N-dealkylation sites (tertiary alicyclic amines) is 1. The van der Waals surface area contributed by atoms with Crippen molar-refractivity contribution >= 4 is 34.9 Å². The fourth-order valence-electron chi connectivity index (χ4n) is 2.91. The van der Waals surface area contributed by atoms with Crippen molar-refractivity contribution in [2.45, 2.75) is 25.8 Å². The van der Waals surface area contributed by atoms with E-state index in [0.29, 0.717) is 24.3 Å². The van der Waals surface area contributed by atoms with Crippen molar-refractivity contribution in [3.05, 3.63) is 58.9 Å². The van der Waals surface area contributed by atoms with E-state index < -0.39 is 11.9 Å². The zero-order valence-corrected chi connectivity index (χ0v) is 15.0. The summed E-state index contributed by atoms with van der Waals surface area (Å²) in [4.78, 5) is 26.6. The van der Waals surface area contributed by atoms with Gasteiger partial charge in [-0.15, -0.1) is 0 Å². The minimum absolute atomic E-state index is 0.0665. The summed E-state index contributed by atoms with van der Waals surface area (Å²) >= 11 is 5.74. The van der Waals surface area contributed by atoms with Crippen molar-refractivity contribution in [1.82, 2.24) is 4.90 Å². The number of hydrogen-bond donors (Lipinski definition) is 2. The van der Waals surface area contributed by atoms with Gasteiger partial charge >= 0.3 is 6.03 Å². The average molecular weight is 376 g/mol. The number of benzene rings is 2. The molecule has 1 heterocycles. The van der Waals surface area contributed by atoms with Gasteiger partial charge in [0.15, 0.2) is 0 Å². The zero-order valence-electron chi connectivity index (χ0n) is 14.3. The predicted octanol–water partition coefficient (Wildman–Crippen LogP) is 4.42. The topological polar surface area (TPSA) is 61.4 Å². The Morgan fingerprint density at radius 1 is 1.12 bits per heavy atom. The van der Waals surface area contributed by atoms with Crippen molar-refractivity contribution in [2.24, 2.45) is 0 Å². The van der Waals surface area contributed by atoms with E-state index in [1.165, 1.54) is 23.1 Å². The van der Waals surface area contributed by atoms with Crippen molar-refractivity contribution in [3.63, 3.8) is 0 Å². The highest BCUT2D eigenvalue weighted by Gasteiger charge is 2.34. The van der Waals surface area contributed by atoms with Crippen LogP contribution in [0, 0.1) is 12.7 Å². The SMILES string of the molecule is Cc1ccc(NC(=O)N2CCC[C@@H]2C(=O)Nc2ccc(F)c(Cl)c2)cc1. The van der Waals surface area contributed by atoms with Crippen LogP contribution in [0.1, 0.15) is 18.4 Å². The van der Waals surface area contributed by atoms with E-state index in [2.05, 4.69) is 10.6 Å².